The number of anilines is 1. The Morgan fingerprint density at radius 3 is 2.53 bits per heavy atom. The predicted molar refractivity (Wildman–Crippen MR) is 64.2 cm³/mol. The predicted octanol–water partition coefficient (Wildman–Crippen LogP) is 1.36. The van der Waals surface area contributed by atoms with Crippen LogP contribution in [0.2, 0.25) is 0 Å². The van der Waals surface area contributed by atoms with Crippen molar-refractivity contribution in [1.82, 2.24) is 9.97 Å². The molecule has 0 atom stereocenters. The molecule has 1 aliphatic rings. The third-order valence-electron chi connectivity index (χ3n) is 2.34. The van der Waals surface area contributed by atoms with Crippen LogP contribution in [0.4, 0.5) is 5.95 Å². The highest BCUT2D eigenvalue weighted by molar-refractivity contribution is 7.80. The Kier molecular flexibility index (Phi) is 3.46. The molecule has 0 amide bonds. The summed E-state index contributed by atoms with van der Waals surface area (Å²) in [5.74, 6) is 7.20. The number of aromatic nitrogens is 2. The quantitative estimate of drug-likeness (QED) is 0.571. The number of thiol groups is 1. The van der Waals surface area contributed by atoms with E-state index in [4.69, 9.17) is 0 Å². The average Bonchev–Trinajstić information content (AvgIpc) is 2.80. The lowest BCUT2D eigenvalue weighted by molar-refractivity contribution is 0.897. The molecule has 0 N–H and O–H groups in total. The van der Waals surface area contributed by atoms with Crippen LogP contribution in [0.15, 0.2) is 12.4 Å². The summed E-state index contributed by atoms with van der Waals surface area (Å²) in [6.45, 7) is 2.14. The number of rotatable bonds is 1. The summed E-state index contributed by atoms with van der Waals surface area (Å²) in [5.41, 5.74) is 0.854. The van der Waals surface area contributed by atoms with E-state index in [9.17, 15) is 0 Å². The molecule has 1 aliphatic heterocycles. The molecule has 0 unspecified atom stereocenters. The number of nitrogens with zero attached hydrogens (tertiary/aromatic N) is 3. The first kappa shape index (κ1) is 10.3. The zero-order chi connectivity index (χ0) is 10.5. The van der Waals surface area contributed by atoms with E-state index in [1.807, 2.05) is 0 Å². The van der Waals surface area contributed by atoms with Gasteiger partial charge in [-0.05, 0) is 12.8 Å². The van der Waals surface area contributed by atoms with Gasteiger partial charge in [-0.2, -0.15) is 12.6 Å². The van der Waals surface area contributed by atoms with E-state index in [2.05, 4.69) is 39.3 Å². The summed E-state index contributed by atoms with van der Waals surface area (Å²) in [4.78, 5) is 10.8. The SMILES string of the molecule is SCC#Cc1cnc(N2CCCC2)nc1. The fourth-order valence-electron chi connectivity index (χ4n) is 1.61. The van der Waals surface area contributed by atoms with Crippen molar-refractivity contribution in [2.24, 2.45) is 0 Å². The van der Waals surface area contributed by atoms with E-state index in [-0.39, 0.29) is 0 Å². The minimum absolute atomic E-state index is 0.563. The van der Waals surface area contributed by atoms with Gasteiger partial charge in [0.05, 0.1) is 11.3 Å². The van der Waals surface area contributed by atoms with Crippen LogP contribution in [0, 0.1) is 11.8 Å². The van der Waals surface area contributed by atoms with Gasteiger partial charge in [0.25, 0.3) is 0 Å². The Hall–Kier alpha value is -1.21. The third-order valence-corrected chi connectivity index (χ3v) is 2.50. The maximum Gasteiger partial charge on any atom is 0.225 e. The van der Waals surface area contributed by atoms with Crippen molar-refractivity contribution in [3.8, 4) is 11.8 Å². The summed E-state index contributed by atoms with van der Waals surface area (Å²) in [6.07, 6.45) is 6.03. The second-order valence-corrected chi connectivity index (χ2v) is 3.74. The van der Waals surface area contributed by atoms with Gasteiger partial charge in [-0.25, -0.2) is 9.97 Å². The summed E-state index contributed by atoms with van der Waals surface area (Å²) >= 11 is 4.02. The number of hydrogen-bond acceptors (Lipinski definition) is 4. The summed E-state index contributed by atoms with van der Waals surface area (Å²) in [7, 11) is 0. The van der Waals surface area contributed by atoms with E-state index in [1.54, 1.807) is 12.4 Å². The summed E-state index contributed by atoms with van der Waals surface area (Å²) in [6, 6.07) is 0. The van der Waals surface area contributed by atoms with Crippen molar-refractivity contribution >= 4 is 18.6 Å². The van der Waals surface area contributed by atoms with Gasteiger partial charge in [-0.3, -0.25) is 0 Å². The lowest BCUT2D eigenvalue weighted by Gasteiger charge is -2.13. The molecule has 3 nitrogen and oxygen atoms in total. The molecule has 78 valence electrons. The molecule has 4 heteroatoms. The molecular weight excluding hydrogens is 206 g/mol. The lowest BCUT2D eigenvalue weighted by atomic mass is 10.3. The fourth-order valence-corrected chi connectivity index (χ4v) is 1.69. The first-order valence-electron chi connectivity index (χ1n) is 5.07. The van der Waals surface area contributed by atoms with Gasteiger partial charge < -0.3 is 4.90 Å². The molecule has 2 rings (SSSR count). The molecule has 0 radical (unpaired) electrons. The maximum absolute atomic E-state index is 4.30. The maximum atomic E-state index is 4.30. The van der Waals surface area contributed by atoms with Gasteiger partial charge in [-0.1, -0.05) is 11.8 Å². The van der Waals surface area contributed by atoms with Crippen molar-refractivity contribution in [3.05, 3.63) is 18.0 Å². The second-order valence-electron chi connectivity index (χ2n) is 3.43. The molecule has 0 spiro atoms. The van der Waals surface area contributed by atoms with Gasteiger partial charge in [0, 0.05) is 25.5 Å². The van der Waals surface area contributed by atoms with Crippen molar-refractivity contribution < 1.29 is 0 Å². The van der Waals surface area contributed by atoms with Gasteiger partial charge in [-0.15, -0.1) is 0 Å². The molecule has 1 aromatic heterocycles. The molecule has 1 aromatic rings. The van der Waals surface area contributed by atoms with Crippen LogP contribution < -0.4 is 4.90 Å². The van der Waals surface area contributed by atoms with Gasteiger partial charge in [0.2, 0.25) is 5.95 Å². The van der Waals surface area contributed by atoms with Crippen LogP contribution in [0.25, 0.3) is 0 Å². The molecule has 0 bridgehead atoms. The first-order chi connectivity index (χ1) is 7.40. The van der Waals surface area contributed by atoms with Crippen LogP contribution in [0.1, 0.15) is 18.4 Å². The highest BCUT2D eigenvalue weighted by Crippen LogP contribution is 2.14. The molecule has 1 fully saturated rings. The highest BCUT2D eigenvalue weighted by atomic mass is 32.1. The van der Waals surface area contributed by atoms with Gasteiger partial charge in [0.1, 0.15) is 0 Å². The van der Waals surface area contributed by atoms with E-state index < -0.39 is 0 Å². The summed E-state index contributed by atoms with van der Waals surface area (Å²) in [5, 5.41) is 0. The van der Waals surface area contributed by atoms with Gasteiger partial charge in [0.15, 0.2) is 0 Å². The van der Waals surface area contributed by atoms with E-state index in [0.717, 1.165) is 24.6 Å². The molecule has 0 saturated carbocycles. The molecule has 1 saturated heterocycles. The van der Waals surface area contributed by atoms with Crippen molar-refractivity contribution in [2.45, 2.75) is 12.8 Å². The van der Waals surface area contributed by atoms with Crippen LogP contribution in [0.3, 0.4) is 0 Å². The highest BCUT2D eigenvalue weighted by Gasteiger charge is 2.13. The Balaban J connectivity index is 2.09. The lowest BCUT2D eigenvalue weighted by Crippen LogP contribution is -2.20. The molecular formula is C11H13N3S. The van der Waals surface area contributed by atoms with Crippen LogP contribution >= 0.6 is 12.6 Å². The first-order valence-corrected chi connectivity index (χ1v) is 5.70. The van der Waals surface area contributed by atoms with Gasteiger partial charge >= 0.3 is 0 Å². The van der Waals surface area contributed by atoms with E-state index in [0.29, 0.717) is 5.75 Å². The molecule has 0 aliphatic carbocycles. The van der Waals surface area contributed by atoms with Crippen molar-refractivity contribution in [1.29, 1.82) is 0 Å². The fraction of sp³-hybridized carbons (Fsp3) is 0.455. The standard InChI is InChI=1S/C11H13N3S/c15-7-3-4-10-8-12-11(13-9-10)14-5-1-2-6-14/h8-9,15H,1-2,5-7H2. The Bertz CT molecular complexity index is 371. The van der Waals surface area contributed by atoms with E-state index in [1.165, 1.54) is 12.8 Å². The average molecular weight is 219 g/mol. The largest absolute Gasteiger partial charge is 0.341 e. The zero-order valence-electron chi connectivity index (χ0n) is 8.48. The third kappa shape index (κ3) is 2.63. The second kappa shape index (κ2) is 5.04. The Labute approximate surface area is 95.3 Å². The van der Waals surface area contributed by atoms with Crippen LogP contribution in [0.5, 0.6) is 0 Å². The Morgan fingerprint density at radius 2 is 1.93 bits per heavy atom. The van der Waals surface area contributed by atoms with Crippen LogP contribution in [-0.2, 0) is 0 Å². The number of hydrogen-bond donors (Lipinski definition) is 1. The monoisotopic (exact) mass is 219 g/mol. The zero-order valence-corrected chi connectivity index (χ0v) is 9.37. The smallest absolute Gasteiger partial charge is 0.225 e. The molecule has 2 heterocycles. The van der Waals surface area contributed by atoms with Crippen molar-refractivity contribution in [3.63, 3.8) is 0 Å². The minimum atomic E-state index is 0.563. The Morgan fingerprint density at radius 1 is 1.27 bits per heavy atom. The topological polar surface area (TPSA) is 29.0 Å². The molecule has 0 aromatic carbocycles. The van der Waals surface area contributed by atoms with E-state index >= 15 is 0 Å². The minimum Gasteiger partial charge on any atom is -0.341 e. The van der Waals surface area contributed by atoms with Crippen molar-refractivity contribution in [2.75, 3.05) is 23.7 Å². The molecule has 15 heavy (non-hydrogen) atoms. The van der Waals surface area contributed by atoms with Crippen LogP contribution in [-0.4, -0.2) is 28.8 Å². The summed E-state index contributed by atoms with van der Waals surface area (Å²) < 4.78 is 0. The normalized spacial score (nSPS) is 14.9.